The average molecular weight is 425 g/mol. The van der Waals surface area contributed by atoms with E-state index in [0.717, 1.165) is 30.4 Å². The number of piperidine rings is 1. The summed E-state index contributed by atoms with van der Waals surface area (Å²) in [5.74, 6) is 0.955. The molecular weight excluding hydrogens is 401 g/mol. The molecule has 0 spiro atoms. The maximum atomic E-state index is 4.78. The van der Waals surface area contributed by atoms with Gasteiger partial charge < -0.3 is 10.2 Å². The Labute approximate surface area is 154 Å². The number of anilines is 1. The topological polar surface area (TPSA) is 45.5 Å². The molecule has 0 amide bonds. The molecule has 1 saturated heterocycles. The van der Waals surface area contributed by atoms with Crippen LogP contribution in [-0.2, 0) is 13.6 Å². The number of halogens is 1. The lowest BCUT2D eigenvalue weighted by Crippen LogP contribution is -2.40. The number of rotatable bonds is 3. The second kappa shape index (κ2) is 8.90. The summed E-state index contributed by atoms with van der Waals surface area (Å²) in [5.41, 5.74) is 2.07. The molecule has 0 radical (unpaired) electrons. The molecule has 5 nitrogen and oxygen atoms in total. The molecule has 1 N–H and O–H groups in total. The summed E-state index contributed by atoms with van der Waals surface area (Å²) in [6.45, 7) is 2.74. The molecule has 1 aromatic heterocycles. The fourth-order valence-electron chi connectivity index (χ4n) is 2.68. The first-order valence-electron chi connectivity index (χ1n) is 7.91. The molecule has 2 heterocycles. The van der Waals surface area contributed by atoms with Gasteiger partial charge in [0.25, 0.3) is 0 Å². The largest absolute Gasteiger partial charge is 0.343 e. The van der Waals surface area contributed by atoms with E-state index >= 15 is 0 Å². The van der Waals surface area contributed by atoms with Crippen molar-refractivity contribution in [2.24, 2.45) is 12.0 Å². The van der Waals surface area contributed by atoms with Gasteiger partial charge in [-0.3, -0.25) is 4.68 Å². The van der Waals surface area contributed by atoms with Gasteiger partial charge in [-0.2, -0.15) is 5.10 Å². The molecular formula is C17H24IN5. The highest BCUT2D eigenvalue weighted by Crippen LogP contribution is 2.13. The van der Waals surface area contributed by atoms with Gasteiger partial charge in [0.05, 0.1) is 12.2 Å². The minimum absolute atomic E-state index is 0. The smallest absolute Gasteiger partial charge is 0.198 e. The normalized spacial score (nSPS) is 15.2. The van der Waals surface area contributed by atoms with Crippen LogP contribution in [0.15, 0.2) is 47.6 Å². The molecule has 1 aromatic carbocycles. The number of aryl methyl sites for hydroxylation is 1. The lowest BCUT2D eigenvalue weighted by molar-refractivity contribution is 0.340. The molecule has 0 unspecified atom stereocenters. The van der Waals surface area contributed by atoms with E-state index in [0.29, 0.717) is 6.54 Å². The average Bonchev–Trinajstić information content (AvgIpc) is 2.99. The molecule has 3 rings (SSSR count). The van der Waals surface area contributed by atoms with Crippen molar-refractivity contribution < 1.29 is 0 Å². The van der Waals surface area contributed by atoms with Crippen LogP contribution in [0.3, 0.4) is 0 Å². The van der Waals surface area contributed by atoms with Crippen molar-refractivity contribution in [2.45, 2.75) is 25.8 Å². The second-order valence-corrected chi connectivity index (χ2v) is 5.66. The summed E-state index contributed by atoms with van der Waals surface area (Å²) in [4.78, 5) is 7.13. The van der Waals surface area contributed by atoms with E-state index in [9.17, 15) is 0 Å². The van der Waals surface area contributed by atoms with Gasteiger partial charge in [-0.05, 0) is 37.5 Å². The molecule has 0 bridgehead atoms. The van der Waals surface area contributed by atoms with Gasteiger partial charge in [0, 0.05) is 32.0 Å². The minimum atomic E-state index is 0. The first-order valence-corrected chi connectivity index (χ1v) is 7.91. The summed E-state index contributed by atoms with van der Waals surface area (Å²) < 4.78 is 1.82. The van der Waals surface area contributed by atoms with E-state index in [4.69, 9.17) is 4.99 Å². The highest BCUT2D eigenvalue weighted by atomic mass is 127. The van der Waals surface area contributed by atoms with Crippen molar-refractivity contribution in [1.82, 2.24) is 14.7 Å². The van der Waals surface area contributed by atoms with Crippen LogP contribution in [0.1, 0.15) is 25.0 Å². The van der Waals surface area contributed by atoms with Crippen LogP contribution in [0.5, 0.6) is 0 Å². The number of hydrogen-bond donors (Lipinski definition) is 1. The number of likely N-dealkylation sites (tertiary alicyclic amines) is 1. The molecule has 23 heavy (non-hydrogen) atoms. The van der Waals surface area contributed by atoms with E-state index in [-0.39, 0.29) is 24.0 Å². The van der Waals surface area contributed by atoms with Gasteiger partial charge in [0.1, 0.15) is 0 Å². The number of benzene rings is 1. The number of para-hydroxylation sites is 1. The van der Waals surface area contributed by atoms with E-state index < -0.39 is 0 Å². The second-order valence-electron chi connectivity index (χ2n) is 5.66. The molecule has 2 aromatic rings. The van der Waals surface area contributed by atoms with E-state index in [1.54, 1.807) is 0 Å². The van der Waals surface area contributed by atoms with E-state index in [1.165, 1.54) is 19.3 Å². The van der Waals surface area contributed by atoms with Crippen molar-refractivity contribution in [3.05, 3.63) is 48.3 Å². The summed E-state index contributed by atoms with van der Waals surface area (Å²) >= 11 is 0. The van der Waals surface area contributed by atoms with Crippen molar-refractivity contribution in [1.29, 1.82) is 0 Å². The lowest BCUT2D eigenvalue weighted by atomic mass is 10.1. The maximum Gasteiger partial charge on any atom is 0.198 e. The van der Waals surface area contributed by atoms with Gasteiger partial charge in [-0.15, -0.1) is 24.0 Å². The first kappa shape index (κ1) is 17.8. The number of aliphatic imine (C=N–C) groups is 1. The third-order valence-electron chi connectivity index (χ3n) is 3.85. The van der Waals surface area contributed by atoms with Crippen molar-refractivity contribution in [2.75, 3.05) is 18.4 Å². The third-order valence-corrected chi connectivity index (χ3v) is 3.85. The van der Waals surface area contributed by atoms with Gasteiger partial charge in [0.15, 0.2) is 5.96 Å². The van der Waals surface area contributed by atoms with Crippen LogP contribution in [0.4, 0.5) is 5.69 Å². The Balaban J connectivity index is 0.00000192. The summed E-state index contributed by atoms with van der Waals surface area (Å²) in [5, 5.41) is 7.87. The van der Waals surface area contributed by atoms with Crippen LogP contribution in [0.2, 0.25) is 0 Å². The number of aromatic nitrogens is 2. The molecule has 1 fully saturated rings. The summed E-state index contributed by atoms with van der Waals surface area (Å²) in [6.07, 6.45) is 5.74. The highest BCUT2D eigenvalue weighted by Gasteiger charge is 2.15. The number of guanidine groups is 1. The Hall–Kier alpha value is -1.57. The highest BCUT2D eigenvalue weighted by molar-refractivity contribution is 14.0. The van der Waals surface area contributed by atoms with Gasteiger partial charge in [-0.25, -0.2) is 4.99 Å². The molecule has 124 valence electrons. The number of nitrogens with one attached hydrogen (secondary N) is 1. The number of hydrogen-bond acceptors (Lipinski definition) is 2. The van der Waals surface area contributed by atoms with Crippen molar-refractivity contribution >= 4 is 35.6 Å². The zero-order valence-electron chi connectivity index (χ0n) is 13.5. The van der Waals surface area contributed by atoms with Crippen LogP contribution in [0.25, 0.3) is 0 Å². The molecule has 1 aliphatic rings. The molecule has 0 saturated carbocycles. The monoisotopic (exact) mass is 425 g/mol. The Kier molecular flexibility index (Phi) is 6.88. The Morgan fingerprint density at radius 3 is 2.52 bits per heavy atom. The summed E-state index contributed by atoms with van der Waals surface area (Å²) in [7, 11) is 1.93. The van der Waals surface area contributed by atoms with Crippen LogP contribution in [-0.4, -0.2) is 33.7 Å². The van der Waals surface area contributed by atoms with Crippen LogP contribution >= 0.6 is 24.0 Å². The van der Waals surface area contributed by atoms with E-state index in [2.05, 4.69) is 27.4 Å². The van der Waals surface area contributed by atoms with Crippen LogP contribution in [0, 0.1) is 0 Å². The Bertz CT molecular complexity index is 617. The zero-order chi connectivity index (χ0) is 15.2. The minimum Gasteiger partial charge on any atom is -0.343 e. The predicted octanol–water partition coefficient (Wildman–Crippen LogP) is 3.49. The number of nitrogens with zero attached hydrogens (tertiary/aromatic N) is 4. The fraction of sp³-hybridized carbons (Fsp3) is 0.412. The van der Waals surface area contributed by atoms with Crippen molar-refractivity contribution in [3.63, 3.8) is 0 Å². The molecule has 1 aliphatic heterocycles. The van der Waals surface area contributed by atoms with Gasteiger partial charge in [-0.1, -0.05) is 18.2 Å². The first-order chi connectivity index (χ1) is 10.8. The standard InChI is InChI=1S/C17H23N5.HI/c1-21-13-10-16(20-21)14-18-17(22-11-6-3-7-12-22)19-15-8-4-2-5-9-15;/h2,4-5,8-10,13H,3,6-7,11-12,14H2,1H3,(H,18,19);1H. The molecule has 6 heteroatoms. The van der Waals surface area contributed by atoms with Gasteiger partial charge >= 0.3 is 0 Å². The van der Waals surface area contributed by atoms with Crippen LogP contribution < -0.4 is 5.32 Å². The summed E-state index contributed by atoms with van der Waals surface area (Å²) in [6, 6.07) is 12.3. The quantitative estimate of drug-likeness (QED) is 0.465. The predicted molar refractivity (Wildman–Crippen MR) is 105 cm³/mol. The molecule has 0 atom stereocenters. The maximum absolute atomic E-state index is 4.78. The lowest BCUT2D eigenvalue weighted by Gasteiger charge is -2.30. The molecule has 0 aliphatic carbocycles. The van der Waals surface area contributed by atoms with E-state index in [1.807, 2.05) is 42.2 Å². The zero-order valence-corrected chi connectivity index (χ0v) is 15.8. The SMILES string of the molecule is Cn1ccc(CN=C(Nc2ccccc2)N2CCCCC2)n1.I. The Morgan fingerprint density at radius 2 is 1.87 bits per heavy atom. The Morgan fingerprint density at radius 1 is 1.13 bits per heavy atom. The van der Waals surface area contributed by atoms with Crippen molar-refractivity contribution in [3.8, 4) is 0 Å². The van der Waals surface area contributed by atoms with Gasteiger partial charge in [0.2, 0.25) is 0 Å². The third kappa shape index (κ3) is 5.23. The fourth-order valence-corrected chi connectivity index (χ4v) is 2.68.